The van der Waals surface area contributed by atoms with Gasteiger partial charge in [0.05, 0.1) is 6.54 Å². The molecule has 1 aromatic carbocycles. The SMILES string of the molecule is CC(CCc1ccccc1)CN1CCCC(N(C)CC(=O)O)CC1. The van der Waals surface area contributed by atoms with Crippen molar-refractivity contribution in [2.24, 2.45) is 5.92 Å². The first kappa shape index (κ1) is 18.9. The van der Waals surface area contributed by atoms with Crippen LogP contribution < -0.4 is 0 Å². The average Bonchev–Trinajstić information content (AvgIpc) is 2.79. The highest BCUT2D eigenvalue weighted by Gasteiger charge is 2.22. The van der Waals surface area contributed by atoms with E-state index in [4.69, 9.17) is 5.11 Å². The van der Waals surface area contributed by atoms with Crippen LogP contribution in [-0.2, 0) is 11.2 Å². The lowest BCUT2D eigenvalue weighted by Gasteiger charge is -2.26. The molecule has 1 aromatic rings. The minimum atomic E-state index is -0.729. The zero-order valence-corrected chi connectivity index (χ0v) is 15.2. The van der Waals surface area contributed by atoms with Gasteiger partial charge in [-0.05, 0) is 63.7 Å². The molecule has 1 aliphatic heterocycles. The Morgan fingerprint density at radius 1 is 1.29 bits per heavy atom. The van der Waals surface area contributed by atoms with Gasteiger partial charge in [-0.2, -0.15) is 0 Å². The van der Waals surface area contributed by atoms with Crippen molar-refractivity contribution in [2.45, 2.75) is 45.1 Å². The second kappa shape index (κ2) is 9.80. The maximum Gasteiger partial charge on any atom is 0.317 e. The van der Waals surface area contributed by atoms with Gasteiger partial charge in [0.2, 0.25) is 0 Å². The fourth-order valence-corrected chi connectivity index (χ4v) is 3.69. The molecule has 0 aliphatic carbocycles. The number of carboxylic acid groups (broad SMARTS) is 1. The largest absolute Gasteiger partial charge is 0.480 e. The molecule has 1 fully saturated rings. The predicted molar refractivity (Wildman–Crippen MR) is 98.3 cm³/mol. The molecule has 1 N–H and O–H groups in total. The molecule has 24 heavy (non-hydrogen) atoms. The molecule has 0 bridgehead atoms. The van der Waals surface area contributed by atoms with E-state index in [2.05, 4.69) is 42.2 Å². The van der Waals surface area contributed by atoms with Crippen LogP contribution in [0.25, 0.3) is 0 Å². The maximum absolute atomic E-state index is 10.9. The molecule has 1 heterocycles. The lowest BCUT2D eigenvalue weighted by molar-refractivity contribution is -0.138. The van der Waals surface area contributed by atoms with Crippen molar-refractivity contribution in [1.29, 1.82) is 0 Å². The van der Waals surface area contributed by atoms with Crippen molar-refractivity contribution in [3.8, 4) is 0 Å². The van der Waals surface area contributed by atoms with Crippen LogP contribution in [0.1, 0.15) is 38.2 Å². The summed E-state index contributed by atoms with van der Waals surface area (Å²) in [5.74, 6) is -0.0355. The van der Waals surface area contributed by atoms with Crippen molar-refractivity contribution in [1.82, 2.24) is 9.80 Å². The Kier molecular flexibility index (Phi) is 7.73. The Morgan fingerprint density at radius 2 is 2.04 bits per heavy atom. The predicted octanol–water partition coefficient (Wildman–Crippen LogP) is 3.13. The zero-order chi connectivity index (χ0) is 17.4. The van der Waals surface area contributed by atoms with Crippen LogP contribution in [-0.4, -0.2) is 60.1 Å². The average molecular weight is 332 g/mol. The van der Waals surface area contributed by atoms with Crippen molar-refractivity contribution in [2.75, 3.05) is 33.2 Å². The lowest BCUT2D eigenvalue weighted by Crippen LogP contribution is -2.37. The Hall–Kier alpha value is -1.39. The third-order valence-corrected chi connectivity index (χ3v) is 5.14. The molecule has 0 amide bonds. The van der Waals surface area contributed by atoms with Crippen LogP contribution in [0, 0.1) is 5.92 Å². The second-order valence-corrected chi connectivity index (χ2v) is 7.32. The molecule has 2 unspecified atom stereocenters. The number of carbonyl (C=O) groups is 1. The summed E-state index contributed by atoms with van der Waals surface area (Å²) in [6.45, 7) is 5.89. The number of likely N-dealkylation sites (N-methyl/N-ethyl adjacent to an activating group) is 1. The fourth-order valence-electron chi connectivity index (χ4n) is 3.69. The minimum absolute atomic E-state index is 0.151. The molecular formula is C20H32N2O2. The standard InChI is InChI=1S/C20H32N2O2/c1-17(10-11-18-7-4-3-5-8-18)15-22-13-6-9-19(12-14-22)21(2)16-20(23)24/h3-5,7-8,17,19H,6,9-16H2,1-2H3,(H,23,24). The number of benzene rings is 1. The monoisotopic (exact) mass is 332 g/mol. The number of hydrogen-bond acceptors (Lipinski definition) is 3. The molecule has 134 valence electrons. The van der Waals surface area contributed by atoms with E-state index in [0.29, 0.717) is 12.0 Å². The van der Waals surface area contributed by atoms with Gasteiger partial charge in [-0.1, -0.05) is 37.3 Å². The van der Waals surface area contributed by atoms with E-state index in [1.807, 2.05) is 11.9 Å². The highest BCUT2D eigenvalue weighted by molar-refractivity contribution is 5.69. The Morgan fingerprint density at radius 3 is 2.75 bits per heavy atom. The summed E-state index contributed by atoms with van der Waals surface area (Å²) in [5, 5.41) is 8.96. The summed E-state index contributed by atoms with van der Waals surface area (Å²) in [5.41, 5.74) is 1.43. The maximum atomic E-state index is 10.9. The first-order valence-corrected chi connectivity index (χ1v) is 9.23. The van der Waals surface area contributed by atoms with E-state index in [1.54, 1.807) is 0 Å². The van der Waals surface area contributed by atoms with Crippen LogP contribution >= 0.6 is 0 Å². The van der Waals surface area contributed by atoms with Crippen LogP contribution in [0.15, 0.2) is 30.3 Å². The van der Waals surface area contributed by atoms with Gasteiger partial charge in [-0.25, -0.2) is 0 Å². The van der Waals surface area contributed by atoms with Gasteiger partial charge < -0.3 is 10.0 Å². The number of nitrogens with zero attached hydrogens (tertiary/aromatic N) is 2. The summed E-state index contributed by atoms with van der Waals surface area (Å²) in [7, 11) is 1.94. The summed E-state index contributed by atoms with van der Waals surface area (Å²) in [4.78, 5) is 15.5. The van der Waals surface area contributed by atoms with Gasteiger partial charge >= 0.3 is 5.97 Å². The molecule has 0 radical (unpaired) electrons. The van der Waals surface area contributed by atoms with Gasteiger partial charge in [0, 0.05) is 12.6 Å². The third-order valence-electron chi connectivity index (χ3n) is 5.14. The Bertz CT molecular complexity index is 492. The van der Waals surface area contributed by atoms with E-state index in [9.17, 15) is 4.79 Å². The van der Waals surface area contributed by atoms with E-state index in [-0.39, 0.29) is 6.54 Å². The topological polar surface area (TPSA) is 43.8 Å². The van der Waals surface area contributed by atoms with Gasteiger partial charge in [0.1, 0.15) is 0 Å². The summed E-state index contributed by atoms with van der Waals surface area (Å²) < 4.78 is 0. The third kappa shape index (κ3) is 6.62. The van der Waals surface area contributed by atoms with E-state index in [1.165, 1.54) is 18.4 Å². The van der Waals surface area contributed by atoms with E-state index < -0.39 is 5.97 Å². The normalized spacial score (nSPS) is 20.7. The molecule has 1 saturated heterocycles. The van der Waals surface area contributed by atoms with Crippen LogP contribution in [0.4, 0.5) is 0 Å². The molecule has 4 nitrogen and oxygen atoms in total. The Balaban J connectivity index is 1.72. The quantitative estimate of drug-likeness (QED) is 0.794. The molecule has 2 rings (SSSR count). The highest BCUT2D eigenvalue weighted by atomic mass is 16.4. The summed E-state index contributed by atoms with van der Waals surface area (Å²) in [6.07, 6.45) is 5.73. The van der Waals surface area contributed by atoms with E-state index in [0.717, 1.165) is 38.9 Å². The molecule has 0 saturated carbocycles. The number of likely N-dealkylation sites (tertiary alicyclic amines) is 1. The van der Waals surface area contributed by atoms with E-state index >= 15 is 0 Å². The summed E-state index contributed by atoms with van der Waals surface area (Å²) >= 11 is 0. The zero-order valence-electron chi connectivity index (χ0n) is 15.2. The molecule has 0 spiro atoms. The Labute approximate surface area is 146 Å². The fraction of sp³-hybridized carbons (Fsp3) is 0.650. The minimum Gasteiger partial charge on any atom is -0.480 e. The molecule has 4 heteroatoms. The van der Waals surface area contributed by atoms with Crippen molar-refractivity contribution in [3.05, 3.63) is 35.9 Å². The number of hydrogen-bond donors (Lipinski definition) is 1. The summed E-state index contributed by atoms with van der Waals surface area (Å²) in [6, 6.07) is 11.1. The molecule has 0 aromatic heterocycles. The highest BCUT2D eigenvalue weighted by Crippen LogP contribution is 2.18. The van der Waals surface area contributed by atoms with Crippen LogP contribution in [0.2, 0.25) is 0 Å². The van der Waals surface area contributed by atoms with Crippen LogP contribution in [0.3, 0.4) is 0 Å². The molecular weight excluding hydrogens is 300 g/mol. The molecule has 2 atom stereocenters. The number of aryl methyl sites for hydroxylation is 1. The lowest BCUT2D eigenvalue weighted by atomic mass is 10.0. The number of carboxylic acids is 1. The second-order valence-electron chi connectivity index (χ2n) is 7.32. The van der Waals surface area contributed by atoms with Crippen molar-refractivity contribution >= 4 is 5.97 Å². The van der Waals surface area contributed by atoms with Gasteiger partial charge in [-0.3, -0.25) is 9.69 Å². The molecule has 1 aliphatic rings. The van der Waals surface area contributed by atoms with Gasteiger partial charge in [-0.15, -0.1) is 0 Å². The van der Waals surface area contributed by atoms with Gasteiger partial charge in [0.15, 0.2) is 0 Å². The smallest absolute Gasteiger partial charge is 0.317 e. The number of rotatable bonds is 8. The first-order valence-electron chi connectivity index (χ1n) is 9.23. The van der Waals surface area contributed by atoms with Crippen molar-refractivity contribution < 1.29 is 9.90 Å². The van der Waals surface area contributed by atoms with Gasteiger partial charge in [0.25, 0.3) is 0 Å². The first-order chi connectivity index (χ1) is 11.5. The van der Waals surface area contributed by atoms with Crippen LogP contribution in [0.5, 0.6) is 0 Å². The van der Waals surface area contributed by atoms with Crippen molar-refractivity contribution in [3.63, 3.8) is 0 Å². The number of aliphatic carboxylic acids is 1.